The SMILES string of the molecule is CCCC1(CNC(C)(C)CC(C)(C)C)CCNC1. The summed E-state index contributed by atoms with van der Waals surface area (Å²) in [5, 5.41) is 7.39. The average Bonchev–Trinajstić information content (AvgIpc) is 2.61. The Bertz CT molecular complexity index is 244. The van der Waals surface area contributed by atoms with Crippen LogP contribution in [-0.2, 0) is 0 Å². The molecule has 1 aliphatic rings. The molecule has 0 aromatic heterocycles. The van der Waals surface area contributed by atoms with Crippen LogP contribution in [0, 0.1) is 10.8 Å². The second kappa shape index (κ2) is 5.92. The quantitative estimate of drug-likeness (QED) is 0.757. The maximum Gasteiger partial charge on any atom is 0.0130 e. The summed E-state index contributed by atoms with van der Waals surface area (Å²) in [4.78, 5) is 0. The fourth-order valence-corrected chi connectivity index (χ4v) is 3.59. The molecule has 0 bridgehead atoms. The predicted molar refractivity (Wildman–Crippen MR) is 81.0 cm³/mol. The fourth-order valence-electron chi connectivity index (χ4n) is 3.59. The van der Waals surface area contributed by atoms with Crippen LogP contribution in [0.5, 0.6) is 0 Å². The molecule has 0 aliphatic carbocycles. The molecule has 0 aromatic carbocycles. The molecule has 0 saturated carbocycles. The van der Waals surface area contributed by atoms with Gasteiger partial charge in [0.2, 0.25) is 0 Å². The Labute approximate surface area is 114 Å². The smallest absolute Gasteiger partial charge is 0.0130 e. The first-order valence-electron chi connectivity index (χ1n) is 7.64. The molecule has 2 nitrogen and oxygen atoms in total. The highest BCUT2D eigenvalue weighted by Crippen LogP contribution is 2.32. The van der Waals surface area contributed by atoms with Crippen molar-refractivity contribution in [2.75, 3.05) is 19.6 Å². The van der Waals surface area contributed by atoms with Gasteiger partial charge in [0.25, 0.3) is 0 Å². The molecule has 2 heteroatoms. The van der Waals surface area contributed by atoms with Crippen LogP contribution in [0.15, 0.2) is 0 Å². The highest BCUT2D eigenvalue weighted by molar-refractivity contribution is 4.93. The van der Waals surface area contributed by atoms with E-state index in [1.807, 2.05) is 0 Å². The Hall–Kier alpha value is -0.0800. The molecule has 1 saturated heterocycles. The third kappa shape index (κ3) is 5.27. The third-order valence-electron chi connectivity index (χ3n) is 4.03. The van der Waals surface area contributed by atoms with E-state index in [0.717, 1.165) is 6.54 Å². The minimum absolute atomic E-state index is 0.238. The fraction of sp³-hybridized carbons (Fsp3) is 1.00. The zero-order valence-corrected chi connectivity index (χ0v) is 13.4. The van der Waals surface area contributed by atoms with Crippen molar-refractivity contribution >= 4 is 0 Å². The van der Waals surface area contributed by atoms with E-state index in [-0.39, 0.29) is 5.54 Å². The summed E-state index contributed by atoms with van der Waals surface area (Å²) >= 11 is 0. The van der Waals surface area contributed by atoms with Gasteiger partial charge in [0.05, 0.1) is 0 Å². The largest absolute Gasteiger partial charge is 0.316 e. The summed E-state index contributed by atoms with van der Waals surface area (Å²) in [6.07, 6.45) is 5.19. The molecule has 0 aromatic rings. The minimum atomic E-state index is 0.238. The topological polar surface area (TPSA) is 24.1 Å². The van der Waals surface area contributed by atoms with Crippen molar-refractivity contribution < 1.29 is 0 Å². The lowest BCUT2D eigenvalue weighted by atomic mass is 9.79. The van der Waals surface area contributed by atoms with Gasteiger partial charge in [0, 0.05) is 18.6 Å². The number of rotatable bonds is 6. The second-order valence-corrected chi connectivity index (χ2v) is 8.15. The van der Waals surface area contributed by atoms with E-state index in [4.69, 9.17) is 0 Å². The van der Waals surface area contributed by atoms with Crippen LogP contribution in [0.4, 0.5) is 0 Å². The second-order valence-electron chi connectivity index (χ2n) is 8.15. The first kappa shape index (κ1) is 16.0. The van der Waals surface area contributed by atoms with Crippen molar-refractivity contribution in [3.63, 3.8) is 0 Å². The van der Waals surface area contributed by atoms with Crippen molar-refractivity contribution in [3.05, 3.63) is 0 Å². The van der Waals surface area contributed by atoms with Crippen LogP contribution >= 0.6 is 0 Å². The van der Waals surface area contributed by atoms with Gasteiger partial charge in [-0.1, -0.05) is 34.1 Å². The molecule has 0 amide bonds. The molecular weight excluding hydrogens is 220 g/mol. The van der Waals surface area contributed by atoms with Gasteiger partial charge in [-0.15, -0.1) is 0 Å². The molecule has 0 spiro atoms. The van der Waals surface area contributed by atoms with Gasteiger partial charge in [0.15, 0.2) is 0 Å². The van der Waals surface area contributed by atoms with E-state index >= 15 is 0 Å². The molecule has 108 valence electrons. The maximum atomic E-state index is 3.84. The highest BCUT2D eigenvalue weighted by atomic mass is 15.0. The number of hydrogen-bond donors (Lipinski definition) is 2. The van der Waals surface area contributed by atoms with Crippen molar-refractivity contribution in [2.24, 2.45) is 10.8 Å². The molecule has 1 rings (SSSR count). The molecule has 1 unspecified atom stereocenters. The van der Waals surface area contributed by atoms with E-state index in [1.54, 1.807) is 0 Å². The normalized spacial score (nSPS) is 25.7. The van der Waals surface area contributed by atoms with Gasteiger partial charge < -0.3 is 10.6 Å². The van der Waals surface area contributed by atoms with E-state index in [0.29, 0.717) is 10.8 Å². The van der Waals surface area contributed by atoms with Crippen molar-refractivity contribution in [3.8, 4) is 0 Å². The maximum absolute atomic E-state index is 3.84. The summed E-state index contributed by atoms with van der Waals surface area (Å²) < 4.78 is 0. The summed E-state index contributed by atoms with van der Waals surface area (Å²) in [6, 6.07) is 0. The molecule has 1 aliphatic heterocycles. The summed E-state index contributed by atoms with van der Waals surface area (Å²) in [6.45, 7) is 17.5. The van der Waals surface area contributed by atoms with Crippen LogP contribution in [0.3, 0.4) is 0 Å². The standard InChI is InChI=1S/C16H34N2/c1-7-8-16(9-10-17-12-16)13-18-15(5,6)11-14(2,3)4/h17-18H,7-13H2,1-6H3. The molecule has 2 N–H and O–H groups in total. The van der Waals surface area contributed by atoms with Crippen molar-refractivity contribution in [1.82, 2.24) is 10.6 Å². The molecule has 18 heavy (non-hydrogen) atoms. The molecular formula is C16H34N2. The predicted octanol–water partition coefficient (Wildman–Crippen LogP) is 3.57. The van der Waals surface area contributed by atoms with Crippen LogP contribution in [0.25, 0.3) is 0 Å². The Kier molecular flexibility index (Phi) is 5.25. The van der Waals surface area contributed by atoms with Crippen LogP contribution in [0.1, 0.15) is 67.2 Å². The first-order chi connectivity index (χ1) is 8.18. The van der Waals surface area contributed by atoms with E-state index in [1.165, 1.54) is 38.8 Å². The van der Waals surface area contributed by atoms with Gasteiger partial charge in [-0.2, -0.15) is 0 Å². The lowest BCUT2D eigenvalue weighted by Gasteiger charge is -2.38. The molecule has 0 radical (unpaired) electrons. The number of hydrogen-bond acceptors (Lipinski definition) is 2. The van der Waals surface area contributed by atoms with Gasteiger partial charge in [-0.25, -0.2) is 0 Å². The average molecular weight is 254 g/mol. The van der Waals surface area contributed by atoms with Crippen molar-refractivity contribution in [1.29, 1.82) is 0 Å². The van der Waals surface area contributed by atoms with Gasteiger partial charge in [-0.05, 0) is 50.5 Å². The monoisotopic (exact) mass is 254 g/mol. The van der Waals surface area contributed by atoms with E-state index in [2.05, 4.69) is 52.2 Å². The van der Waals surface area contributed by atoms with Gasteiger partial charge in [0.1, 0.15) is 0 Å². The Morgan fingerprint density at radius 3 is 2.28 bits per heavy atom. The third-order valence-corrected chi connectivity index (χ3v) is 4.03. The van der Waals surface area contributed by atoms with Gasteiger partial charge >= 0.3 is 0 Å². The van der Waals surface area contributed by atoms with Crippen LogP contribution in [-0.4, -0.2) is 25.2 Å². The zero-order valence-electron chi connectivity index (χ0n) is 13.4. The van der Waals surface area contributed by atoms with E-state index in [9.17, 15) is 0 Å². The van der Waals surface area contributed by atoms with Crippen LogP contribution in [0.2, 0.25) is 0 Å². The highest BCUT2D eigenvalue weighted by Gasteiger charge is 2.35. The summed E-state index contributed by atoms with van der Waals surface area (Å²) in [5.41, 5.74) is 1.13. The first-order valence-corrected chi connectivity index (χ1v) is 7.64. The Morgan fingerprint density at radius 2 is 1.83 bits per heavy atom. The molecule has 1 heterocycles. The lowest BCUT2D eigenvalue weighted by Crippen LogP contribution is -2.48. The number of nitrogens with one attached hydrogen (secondary N) is 2. The Morgan fingerprint density at radius 1 is 1.17 bits per heavy atom. The van der Waals surface area contributed by atoms with Gasteiger partial charge in [-0.3, -0.25) is 0 Å². The summed E-state index contributed by atoms with van der Waals surface area (Å²) in [5.74, 6) is 0. The molecule has 1 atom stereocenters. The van der Waals surface area contributed by atoms with Crippen molar-refractivity contribution in [2.45, 2.75) is 72.8 Å². The zero-order chi connectivity index (χ0) is 13.9. The molecule has 1 fully saturated rings. The minimum Gasteiger partial charge on any atom is -0.316 e. The summed E-state index contributed by atoms with van der Waals surface area (Å²) in [7, 11) is 0. The lowest BCUT2D eigenvalue weighted by molar-refractivity contribution is 0.194. The van der Waals surface area contributed by atoms with E-state index < -0.39 is 0 Å². The Balaban J connectivity index is 2.51. The van der Waals surface area contributed by atoms with Crippen LogP contribution < -0.4 is 10.6 Å².